The second kappa shape index (κ2) is 10.1. The number of thiazole rings is 1. The number of aromatic nitrogens is 1. The number of aryl methyl sites for hydroxylation is 1. The number of anilines is 1. The third kappa shape index (κ3) is 4.54. The van der Waals surface area contributed by atoms with E-state index in [1.165, 1.54) is 23.3 Å². The van der Waals surface area contributed by atoms with Crippen molar-refractivity contribution in [2.45, 2.75) is 31.8 Å². The van der Waals surface area contributed by atoms with E-state index in [2.05, 4.69) is 32.5 Å². The van der Waals surface area contributed by atoms with E-state index in [1.54, 1.807) is 30.5 Å². The van der Waals surface area contributed by atoms with Gasteiger partial charge in [0, 0.05) is 42.6 Å². The highest BCUT2D eigenvalue weighted by Gasteiger charge is 2.53. The van der Waals surface area contributed by atoms with Crippen LogP contribution in [0.5, 0.6) is 5.75 Å². The van der Waals surface area contributed by atoms with Gasteiger partial charge in [-0.3, -0.25) is 14.9 Å². The van der Waals surface area contributed by atoms with Gasteiger partial charge < -0.3 is 24.7 Å². The summed E-state index contributed by atoms with van der Waals surface area (Å²) >= 11 is 1.40. The molecule has 196 valence electrons. The number of amidine groups is 1. The van der Waals surface area contributed by atoms with Crippen LogP contribution >= 0.6 is 11.3 Å². The molecule has 0 unspecified atom stereocenters. The molecule has 1 atom stereocenters. The van der Waals surface area contributed by atoms with E-state index in [0.717, 1.165) is 5.56 Å². The van der Waals surface area contributed by atoms with Crippen LogP contribution in [0.25, 0.3) is 0 Å². The van der Waals surface area contributed by atoms with Crippen LogP contribution in [-0.4, -0.2) is 47.2 Å². The number of hydrogen-bond acceptors (Lipinski definition) is 8. The quantitative estimate of drug-likeness (QED) is 0.165. The molecule has 4 heterocycles. The molecule has 38 heavy (non-hydrogen) atoms. The second-order valence-electron chi connectivity index (χ2n) is 8.79. The zero-order valence-corrected chi connectivity index (χ0v) is 21.7. The number of aliphatic imine (C=N–C) groups is 1. The number of hydrogen-bond donors (Lipinski definition) is 3. The largest absolute Gasteiger partial charge is 0.497 e. The second-order valence-corrected chi connectivity index (χ2v) is 9.66. The lowest BCUT2D eigenvalue weighted by Crippen LogP contribution is -2.52. The molecular weight excluding hydrogens is 508 g/mol. The summed E-state index contributed by atoms with van der Waals surface area (Å²) in [5.74, 6) is 1.04. The summed E-state index contributed by atoms with van der Waals surface area (Å²) in [6, 6.07) is 6.27. The highest BCUT2D eigenvalue weighted by atomic mass is 32.1. The number of imide groups is 1. The van der Waals surface area contributed by atoms with Gasteiger partial charge in [-0.1, -0.05) is 19.1 Å². The van der Waals surface area contributed by atoms with E-state index in [1.807, 2.05) is 18.4 Å². The predicted octanol–water partition coefficient (Wildman–Crippen LogP) is 3.72. The molecule has 2 aromatic heterocycles. The van der Waals surface area contributed by atoms with E-state index in [9.17, 15) is 14.4 Å². The lowest BCUT2D eigenvalue weighted by atomic mass is 9.95. The number of methoxy groups -OCH3 is 1. The Hall–Kier alpha value is -4.45. The zero-order valence-electron chi connectivity index (χ0n) is 20.9. The molecule has 1 saturated heterocycles. The van der Waals surface area contributed by atoms with Crippen molar-refractivity contribution in [3.63, 3.8) is 0 Å². The van der Waals surface area contributed by atoms with Gasteiger partial charge in [-0.25, -0.2) is 14.8 Å². The molecule has 0 aliphatic carbocycles. The monoisotopic (exact) mass is 534 g/mol. The summed E-state index contributed by atoms with van der Waals surface area (Å²) in [7, 11) is 1.53. The number of amides is 4. The summed E-state index contributed by atoms with van der Waals surface area (Å²) < 4.78 is 11.4. The number of carbonyl (C=O) groups excluding carboxylic acids is 3. The third-order valence-corrected chi connectivity index (χ3v) is 7.05. The van der Waals surface area contributed by atoms with Crippen molar-refractivity contribution in [3.8, 4) is 5.75 Å². The van der Waals surface area contributed by atoms with Crippen LogP contribution in [0.15, 0.2) is 57.9 Å². The van der Waals surface area contributed by atoms with Gasteiger partial charge >= 0.3 is 6.03 Å². The first-order chi connectivity index (χ1) is 18.4. The predicted molar refractivity (Wildman–Crippen MR) is 142 cm³/mol. The van der Waals surface area contributed by atoms with E-state index >= 15 is 0 Å². The van der Waals surface area contributed by atoms with E-state index < -0.39 is 17.5 Å². The Morgan fingerprint density at radius 2 is 2.21 bits per heavy atom. The molecule has 0 spiro atoms. The number of furan rings is 1. The van der Waals surface area contributed by atoms with Crippen molar-refractivity contribution in [1.29, 1.82) is 0 Å². The van der Waals surface area contributed by atoms with Gasteiger partial charge in [0.2, 0.25) is 5.13 Å². The highest BCUT2D eigenvalue weighted by molar-refractivity contribution is 7.13. The normalized spacial score (nSPS) is 18.8. The molecular formula is C26H26N6O5S. The Kier molecular flexibility index (Phi) is 6.72. The Balaban J connectivity index is 1.49. The van der Waals surface area contributed by atoms with Crippen molar-refractivity contribution in [2.24, 2.45) is 4.99 Å². The van der Waals surface area contributed by atoms with Crippen LogP contribution < -0.4 is 20.7 Å². The van der Waals surface area contributed by atoms with E-state index in [-0.39, 0.29) is 24.8 Å². The Morgan fingerprint density at radius 3 is 2.87 bits per heavy atom. The maximum atomic E-state index is 13.3. The van der Waals surface area contributed by atoms with Crippen LogP contribution in [0.2, 0.25) is 0 Å². The maximum absolute atomic E-state index is 13.3. The standard InChI is InChI=1S/C26H26N6O5S/c1-4-6-21(29-25-27-9-10-38-25)28-18-12-20(37-19(18)5-2)26(23(34)30-24(35)31-26)14-32-13-15-7-8-16(36-3)11-17(15)22(32)33/h4,7-12H,1,5-6,13-14H2,2-3H3,(H,27,28,29)(H2,30,31,34,35)/t26-/m0/s1. The molecule has 2 aliphatic heterocycles. The van der Waals surface area contributed by atoms with Gasteiger partial charge in [0.15, 0.2) is 5.54 Å². The number of carbonyl (C=O) groups is 3. The van der Waals surface area contributed by atoms with Crippen molar-refractivity contribution in [3.05, 3.63) is 71.1 Å². The van der Waals surface area contributed by atoms with Gasteiger partial charge in [-0.2, -0.15) is 0 Å². The van der Waals surface area contributed by atoms with Gasteiger partial charge in [-0.15, -0.1) is 17.9 Å². The van der Waals surface area contributed by atoms with Gasteiger partial charge in [0.05, 0.1) is 19.3 Å². The molecule has 11 nitrogen and oxygen atoms in total. The Labute approximate surface area is 222 Å². The Bertz CT molecular complexity index is 1450. The summed E-state index contributed by atoms with van der Waals surface area (Å²) in [4.78, 5) is 49.1. The molecule has 0 saturated carbocycles. The van der Waals surface area contributed by atoms with E-state index in [4.69, 9.17) is 9.15 Å². The minimum atomic E-state index is -1.62. The molecule has 3 aromatic rings. The van der Waals surface area contributed by atoms with Crippen LogP contribution in [0, 0.1) is 0 Å². The van der Waals surface area contributed by atoms with Gasteiger partial charge in [-0.05, 0) is 17.7 Å². The fourth-order valence-electron chi connectivity index (χ4n) is 4.55. The molecule has 1 aromatic carbocycles. The topological polar surface area (TPSA) is 138 Å². The lowest BCUT2D eigenvalue weighted by molar-refractivity contribution is -0.125. The SMILES string of the molecule is C=CC/C(=N/c1nccs1)Nc1cc([C@]2(CN3Cc4ccc(OC)cc4C3=O)NC(=O)NC2=O)oc1CC. The molecule has 12 heteroatoms. The number of ether oxygens (including phenoxy) is 1. The number of fused-ring (bicyclic) bond motifs is 1. The fraction of sp³-hybridized carbons (Fsp3) is 0.269. The van der Waals surface area contributed by atoms with Crippen LogP contribution in [-0.2, 0) is 23.3 Å². The van der Waals surface area contributed by atoms with Crippen LogP contribution in [0.3, 0.4) is 0 Å². The van der Waals surface area contributed by atoms with Crippen LogP contribution in [0.1, 0.15) is 40.8 Å². The smallest absolute Gasteiger partial charge is 0.322 e. The zero-order chi connectivity index (χ0) is 26.9. The summed E-state index contributed by atoms with van der Waals surface area (Å²) in [6.07, 6.45) is 4.32. The molecule has 0 radical (unpaired) electrons. The van der Waals surface area contributed by atoms with Crippen molar-refractivity contribution in [1.82, 2.24) is 20.5 Å². The number of rotatable bonds is 9. The highest BCUT2D eigenvalue weighted by Crippen LogP contribution is 2.36. The minimum Gasteiger partial charge on any atom is -0.497 e. The van der Waals surface area contributed by atoms with Crippen molar-refractivity contribution < 1.29 is 23.5 Å². The van der Waals surface area contributed by atoms with E-state index in [0.29, 0.717) is 46.6 Å². The molecule has 3 N–H and O–H groups in total. The maximum Gasteiger partial charge on any atom is 0.322 e. The van der Waals surface area contributed by atoms with Crippen LogP contribution in [0.4, 0.5) is 15.6 Å². The number of nitrogens with zero attached hydrogens (tertiary/aromatic N) is 3. The number of benzene rings is 1. The summed E-state index contributed by atoms with van der Waals surface area (Å²) in [6.45, 7) is 5.86. The summed E-state index contributed by atoms with van der Waals surface area (Å²) in [5, 5.41) is 10.7. The van der Waals surface area contributed by atoms with Gasteiger partial charge in [0.25, 0.3) is 11.8 Å². The summed E-state index contributed by atoms with van der Waals surface area (Å²) in [5.41, 5.74) is 0.272. The first-order valence-corrected chi connectivity index (χ1v) is 12.8. The lowest BCUT2D eigenvalue weighted by Gasteiger charge is -2.29. The molecule has 1 fully saturated rings. The third-order valence-electron chi connectivity index (χ3n) is 6.38. The molecule has 5 rings (SSSR count). The fourth-order valence-corrected chi connectivity index (χ4v) is 5.07. The molecule has 2 aliphatic rings. The first kappa shape index (κ1) is 25.2. The number of urea groups is 1. The van der Waals surface area contributed by atoms with Crippen molar-refractivity contribution in [2.75, 3.05) is 19.0 Å². The number of nitrogens with one attached hydrogen (secondary N) is 3. The Morgan fingerprint density at radius 1 is 1.37 bits per heavy atom. The van der Waals surface area contributed by atoms with Gasteiger partial charge in [0.1, 0.15) is 23.1 Å². The average molecular weight is 535 g/mol. The minimum absolute atomic E-state index is 0.122. The first-order valence-electron chi connectivity index (χ1n) is 11.9. The average Bonchev–Trinajstić information content (AvgIpc) is 3.68. The van der Waals surface area contributed by atoms with Crippen molar-refractivity contribution >= 4 is 45.8 Å². The molecule has 0 bridgehead atoms. The molecule has 4 amide bonds.